The Morgan fingerprint density at radius 1 is 1.69 bits per heavy atom. The summed E-state index contributed by atoms with van der Waals surface area (Å²) in [5, 5.41) is 0.478. The second-order valence-electron chi connectivity index (χ2n) is 2.97. The predicted molar refractivity (Wildman–Crippen MR) is 64.7 cm³/mol. The lowest BCUT2D eigenvalue weighted by Gasteiger charge is -2.15. The zero-order valence-corrected chi connectivity index (χ0v) is 11.5. The van der Waals surface area contributed by atoms with Gasteiger partial charge in [-0.15, -0.1) is 0 Å². The standard InChI is InChI=1S/C9H11BrN2O3S/c1-5(8(14)15-2)12-7(13)6(10)4-11-9(12)16-3/h4-5H,1-3H3/t5-/m1/s1. The number of carbonyl (C=O) groups is 1. The zero-order chi connectivity index (χ0) is 12.3. The van der Waals surface area contributed by atoms with Gasteiger partial charge >= 0.3 is 5.97 Å². The maximum absolute atomic E-state index is 11.9. The SMILES string of the molecule is COC(=O)[C@@H](C)n1c(SC)ncc(Br)c1=O. The number of hydrogen-bond acceptors (Lipinski definition) is 5. The maximum Gasteiger partial charge on any atom is 0.328 e. The molecule has 5 nitrogen and oxygen atoms in total. The number of halogens is 1. The molecular formula is C9H11BrN2O3S. The van der Waals surface area contributed by atoms with Crippen molar-refractivity contribution in [3.63, 3.8) is 0 Å². The van der Waals surface area contributed by atoms with Crippen molar-refractivity contribution in [3.05, 3.63) is 21.0 Å². The summed E-state index contributed by atoms with van der Waals surface area (Å²) in [6.07, 6.45) is 3.21. The Bertz CT molecular complexity index is 461. The van der Waals surface area contributed by atoms with Crippen LogP contribution in [0.4, 0.5) is 0 Å². The number of methoxy groups -OCH3 is 1. The highest BCUT2D eigenvalue weighted by Gasteiger charge is 2.21. The Hall–Kier alpha value is -0.820. The topological polar surface area (TPSA) is 61.2 Å². The van der Waals surface area contributed by atoms with E-state index >= 15 is 0 Å². The summed E-state index contributed by atoms with van der Waals surface area (Å²) in [7, 11) is 1.29. The fourth-order valence-corrected chi connectivity index (χ4v) is 2.09. The van der Waals surface area contributed by atoms with E-state index < -0.39 is 12.0 Å². The van der Waals surface area contributed by atoms with Crippen LogP contribution in [-0.4, -0.2) is 28.9 Å². The number of esters is 1. The minimum atomic E-state index is -0.690. The molecule has 0 saturated heterocycles. The number of nitrogens with zero attached hydrogens (tertiary/aromatic N) is 2. The largest absolute Gasteiger partial charge is 0.467 e. The third-order valence-electron chi connectivity index (χ3n) is 2.03. The molecule has 0 saturated carbocycles. The molecular weight excluding hydrogens is 296 g/mol. The summed E-state index contributed by atoms with van der Waals surface area (Å²) in [4.78, 5) is 27.3. The van der Waals surface area contributed by atoms with Crippen LogP contribution in [0.5, 0.6) is 0 Å². The van der Waals surface area contributed by atoms with Crippen molar-refractivity contribution in [2.24, 2.45) is 0 Å². The Morgan fingerprint density at radius 2 is 2.31 bits per heavy atom. The smallest absolute Gasteiger partial charge is 0.328 e. The van der Waals surface area contributed by atoms with Gasteiger partial charge in [0.1, 0.15) is 10.5 Å². The number of ether oxygens (including phenoxy) is 1. The first-order valence-electron chi connectivity index (χ1n) is 4.41. The molecule has 0 spiro atoms. The van der Waals surface area contributed by atoms with Crippen molar-refractivity contribution < 1.29 is 9.53 Å². The normalized spacial score (nSPS) is 12.2. The van der Waals surface area contributed by atoms with E-state index in [9.17, 15) is 9.59 Å². The van der Waals surface area contributed by atoms with Crippen molar-refractivity contribution in [1.82, 2.24) is 9.55 Å². The lowest BCUT2D eigenvalue weighted by Crippen LogP contribution is -2.31. The fraction of sp³-hybridized carbons (Fsp3) is 0.444. The van der Waals surface area contributed by atoms with Crippen molar-refractivity contribution in [2.45, 2.75) is 18.1 Å². The highest BCUT2D eigenvalue weighted by Crippen LogP contribution is 2.17. The van der Waals surface area contributed by atoms with Crippen LogP contribution in [0.15, 0.2) is 20.6 Å². The molecule has 88 valence electrons. The minimum absolute atomic E-state index is 0.294. The zero-order valence-electron chi connectivity index (χ0n) is 9.06. The van der Waals surface area contributed by atoms with Crippen molar-refractivity contribution in [3.8, 4) is 0 Å². The monoisotopic (exact) mass is 306 g/mol. The average molecular weight is 307 g/mol. The molecule has 0 unspecified atom stereocenters. The van der Waals surface area contributed by atoms with Gasteiger partial charge in [0.25, 0.3) is 5.56 Å². The van der Waals surface area contributed by atoms with Crippen LogP contribution >= 0.6 is 27.7 Å². The number of carbonyl (C=O) groups excluding carboxylic acids is 1. The molecule has 0 bridgehead atoms. The van der Waals surface area contributed by atoms with Gasteiger partial charge in [-0.1, -0.05) is 11.8 Å². The van der Waals surface area contributed by atoms with E-state index in [0.29, 0.717) is 9.63 Å². The highest BCUT2D eigenvalue weighted by molar-refractivity contribution is 9.10. The molecule has 1 aromatic heterocycles. The summed E-state index contributed by atoms with van der Waals surface area (Å²) < 4.78 is 6.24. The quantitative estimate of drug-likeness (QED) is 0.481. The third-order valence-corrected chi connectivity index (χ3v) is 3.24. The molecule has 1 atom stereocenters. The van der Waals surface area contributed by atoms with E-state index in [1.807, 2.05) is 0 Å². The molecule has 1 heterocycles. The van der Waals surface area contributed by atoms with Crippen LogP contribution in [0.25, 0.3) is 0 Å². The summed E-state index contributed by atoms with van der Waals surface area (Å²) in [6, 6.07) is -0.690. The molecule has 0 aliphatic heterocycles. The van der Waals surface area contributed by atoms with Gasteiger partial charge in [0, 0.05) is 6.20 Å². The third kappa shape index (κ3) is 2.46. The first-order chi connectivity index (χ1) is 7.52. The lowest BCUT2D eigenvalue weighted by molar-refractivity contribution is -0.144. The fourth-order valence-electron chi connectivity index (χ4n) is 1.20. The van der Waals surface area contributed by atoms with Crippen LogP contribution in [0.3, 0.4) is 0 Å². The van der Waals surface area contributed by atoms with E-state index in [1.165, 1.54) is 29.6 Å². The van der Waals surface area contributed by atoms with Crippen molar-refractivity contribution >= 4 is 33.7 Å². The van der Waals surface area contributed by atoms with Gasteiger partial charge in [-0.05, 0) is 29.1 Å². The second-order valence-corrected chi connectivity index (χ2v) is 4.59. The molecule has 1 aromatic rings. The van der Waals surface area contributed by atoms with Gasteiger partial charge in [0.05, 0.1) is 7.11 Å². The number of thioether (sulfide) groups is 1. The van der Waals surface area contributed by atoms with E-state index in [4.69, 9.17) is 0 Å². The Balaban J connectivity index is 3.35. The Kier molecular flexibility index (Phi) is 4.55. The van der Waals surface area contributed by atoms with Gasteiger partial charge < -0.3 is 4.74 Å². The van der Waals surface area contributed by atoms with Crippen LogP contribution in [0.1, 0.15) is 13.0 Å². The molecule has 0 amide bonds. The molecule has 1 rings (SSSR count). The van der Waals surface area contributed by atoms with Gasteiger partial charge in [0.2, 0.25) is 0 Å². The lowest BCUT2D eigenvalue weighted by atomic mass is 10.3. The van der Waals surface area contributed by atoms with Crippen LogP contribution in [0, 0.1) is 0 Å². The highest BCUT2D eigenvalue weighted by atomic mass is 79.9. The van der Waals surface area contributed by atoms with E-state index in [2.05, 4.69) is 25.7 Å². The number of rotatable bonds is 3. The van der Waals surface area contributed by atoms with E-state index in [0.717, 1.165) is 0 Å². The summed E-state index contributed by atoms with van der Waals surface area (Å²) in [5.41, 5.74) is -0.294. The maximum atomic E-state index is 11.9. The number of aromatic nitrogens is 2. The van der Waals surface area contributed by atoms with Crippen molar-refractivity contribution in [1.29, 1.82) is 0 Å². The van der Waals surface area contributed by atoms with Crippen LogP contribution in [0.2, 0.25) is 0 Å². The summed E-state index contributed by atoms with van der Waals surface area (Å²) >= 11 is 4.39. The summed E-state index contributed by atoms with van der Waals surface area (Å²) in [6.45, 7) is 1.60. The molecule has 0 aliphatic carbocycles. The first-order valence-corrected chi connectivity index (χ1v) is 6.43. The van der Waals surface area contributed by atoms with Gasteiger partial charge in [0.15, 0.2) is 5.16 Å². The van der Waals surface area contributed by atoms with Crippen LogP contribution in [-0.2, 0) is 9.53 Å². The summed E-state index contributed by atoms with van der Waals surface area (Å²) in [5.74, 6) is -0.475. The molecule has 0 aliphatic rings. The van der Waals surface area contributed by atoms with Gasteiger partial charge in [-0.3, -0.25) is 9.36 Å². The Labute approximate surface area is 105 Å². The number of hydrogen-bond donors (Lipinski definition) is 0. The minimum Gasteiger partial charge on any atom is -0.467 e. The van der Waals surface area contributed by atoms with Crippen LogP contribution < -0.4 is 5.56 Å². The van der Waals surface area contributed by atoms with Crippen molar-refractivity contribution in [2.75, 3.05) is 13.4 Å². The van der Waals surface area contributed by atoms with E-state index in [-0.39, 0.29) is 5.56 Å². The van der Waals surface area contributed by atoms with Gasteiger partial charge in [-0.2, -0.15) is 0 Å². The molecule has 0 aromatic carbocycles. The van der Waals surface area contributed by atoms with E-state index in [1.54, 1.807) is 13.2 Å². The Morgan fingerprint density at radius 3 is 2.81 bits per heavy atom. The predicted octanol–water partition coefficient (Wildman–Crippen LogP) is 1.46. The molecule has 7 heteroatoms. The molecule has 16 heavy (non-hydrogen) atoms. The molecule has 0 fully saturated rings. The molecule has 0 N–H and O–H groups in total. The first kappa shape index (κ1) is 13.2. The van der Waals surface area contributed by atoms with Gasteiger partial charge in [-0.25, -0.2) is 9.78 Å². The molecule has 0 radical (unpaired) electrons. The second kappa shape index (κ2) is 5.49. The average Bonchev–Trinajstić information content (AvgIpc) is 2.30.